The van der Waals surface area contributed by atoms with Crippen LogP contribution in [-0.2, 0) is 27.4 Å². The van der Waals surface area contributed by atoms with Crippen LogP contribution in [0.4, 0.5) is 0 Å². The van der Waals surface area contributed by atoms with Gasteiger partial charge in [-0.2, -0.15) is 0 Å². The number of aliphatic carboxylic acids is 1. The zero-order valence-corrected chi connectivity index (χ0v) is 12.1. The Morgan fingerprint density at radius 2 is 1.45 bits per heavy atom. The lowest BCUT2D eigenvalue weighted by Crippen LogP contribution is -2.30. The molecule has 22 heavy (non-hydrogen) atoms. The number of hydrogen-bond donors (Lipinski definition) is 0. The molecule has 1 atom stereocenters. The number of carboxylic acids is 1. The van der Waals surface area contributed by atoms with Crippen molar-refractivity contribution < 1.29 is 19.4 Å². The molecule has 1 unspecified atom stereocenters. The molecule has 0 aromatic heterocycles. The van der Waals surface area contributed by atoms with E-state index >= 15 is 0 Å². The second kappa shape index (κ2) is 7.98. The van der Waals surface area contributed by atoms with Crippen molar-refractivity contribution in [1.82, 2.24) is 0 Å². The molecule has 0 radical (unpaired) electrons. The molecule has 0 amide bonds. The van der Waals surface area contributed by atoms with Gasteiger partial charge in [0, 0.05) is 12.4 Å². The molecule has 0 spiro atoms. The Bertz CT molecular complexity index is 607. The van der Waals surface area contributed by atoms with Crippen LogP contribution >= 0.6 is 0 Å². The zero-order valence-electron chi connectivity index (χ0n) is 12.1. The standard InChI is InChI=1S/C18H18O4/c19-17(20)12-16(11-14-7-3-1-4-8-14)18(21)22-13-15-9-5-2-6-10-15/h1-10,16H,11-13H2,(H,19,20)/p-1. The highest BCUT2D eigenvalue weighted by atomic mass is 16.5. The number of carboxylic acid groups (broad SMARTS) is 1. The van der Waals surface area contributed by atoms with E-state index in [9.17, 15) is 14.7 Å². The van der Waals surface area contributed by atoms with Crippen LogP contribution in [0.3, 0.4) is 0 Å². The molecule has 2 aromatic rings. The normalized spacial score (nSPS) is 11.6. The van der Waals surface area contributed by atoms with Crippen LogP contribution < -0.4 is 5.11 Å². The largest absolute Gasteiger partial charge is 0.550 e. The van der Waals surface area contributed by atoms with Crippen LogP contribution in [0.2, 0.25) is 0 Å². The van der Waals surface area contributed by atoms with Gasteiger partial charge in [0.05, 0.1) is 5.92 Å². The van der Waals surface area contributed by atoms with Crippen molar-refractivity contribution in [3.8, 4) is 0 Å². The predicted molar refractivity (Wildman–Crippen MR) is 79.5 cm³/mol. The Hall–Kier alpha value is -2.62. The highest BCUT2D eigenvalue weighted by molar-refractivity contribution is 5.78. The molecular weight excluding hydrogens is 280 g/mol. The fourth-order valence-electron chi connectivity index (χ4n) is 2.19. The monoisotopic (exact) mass is 297 g/mol. The molecule has 4 heteroatoms. The Morgan fingerprint density at radius 3 is 2.00 bits per heavy atom. The number of hydrogen-bond acceptors (Lipinski definition) is 4. The van der Waals surface area contributed by atoms with Crippen LogP contribution in [0.25, 0.3) is 0 Å². The van der Waals surface area contributed by atoms with Gasteiger partial charge in [0.2, 0.25) is 0 Å². The fraction of sp³-hybridized carbons (Fsp3) is 0.222. The summed E-state index contributed by atoms with van der Waals surface area (Å²) in [4.78, 5) is 23.0. The van der Waals surface area contributed by atoms with E-state index in [-0.39, 0.29) is 13.0 Å². The summed E-state index contributed by atoms with van der Waals surface area (Å²) in [6.45, 7) is 0.137. The van der Waals surface area contributed by atoms with E-state index in [1.807, 2.05) is 60.7 Å². The average molecular weight is 297 g/mol. The summed E-state index contributed by atoms with van der Waals surface area (Å²) in [6.07, 6.45) is -0.0229. The van der Waals surface area contributed by atoms with E-state index in [1.54, 1.807) is 0 Å². The topological polar surface area (TPSA) is 66.4 Å². The van der Waals surface area contributed by atoms with Gasteiger partial charge in [-0.3, -0.25) is 4.79 Å². The molecule has 2 aromatic carbocycles. The van der Waals surface area contributed by atoms with Gasteiger partial charge in [0.1, 0.15) is 6.61 Å². The number of esters is 1. The van der Waals surface area contributed by atoms with Crippen molar-refractivity contribution in [2.45, 2.75) is 19.4 Å². The van der Waals surface area contributed by atoms with Crippen LogP contribution in [-0.4, -0.2) is 11.9 Å². The van der Waals surface area contributed by atoms with Crippen LogP contribution in [0.1, 0.15) is 17.5 Å². The van der Waals surface area contributed by atoms with Crippen molar-refractivity contribution in [3.63, 3.8) is 0 Å². The summed E-state index contributed by atoms with van der Waals surface area (Å²) in [5, 5.41) is 10.9. The number of carbonyl (C=O) groups excluding carboxylic acids is 2. The quantitative estimate of drug-likeness (QED) is 0.730. The minimum absolute atomic E-state index is 0.137. The van der Waals surface area contributed by atoms with Gasteiger partial charge in [-0.1, -0.05) is 60.7 Å². The lowest BCUT2D eigenvalue weighted by atomic mass is 9.96. The third-order valence-electron chi connectivity index (χ3n) is 3.30. The second-order valence-corrected chi connectivity index (χ2v) is 5.06. The first kappa shape index (κ1) is 15.8. The highest BCUT2D eigenvalue weighted by Gasteiger charge is 2.21. The van der Waals surface area contributed by atoms with Gasteiger partial charge in [0.15, 0.2) is 0 Å². The molecule has 0 saturated heterocycles. The lowest BCUT2D eigenvalue weighted by molar-refractivity contribution is -0.306. The fourth-order valence-corrected chi connectivity index (χ4v) is 2.19. The van der Waals surface area contributed by atoms with Gasteiger partial charge in [-0.25, -0.2) is 0 Å². The molecule has 0 N–H and O–H groups in total. The molecule has 0 heterocycles. The van der Waals surface area contributed by atoms with Crippen LogP contribution in [0.5, 0.6) is 0 Å². The summed E-state index contributed by atoms with van der Waals surface area (Å²) >= 11 is 0. The maximum atomic E-state index is 12.1. The van der Waals surface area contributed by atoms with E-state index in [1.165, 1.54) is 0 Å². The van der Waals surface area contributed by atoms with Crippen molar-refractivity contribution in [2.75, 3.05) is 0 Å². The molecule has 4 nitrogen and oxygen atoms in total. The summed E-state index contributed by atoms with van der Waals surface area (Å²) < 4.78 is 5.23. The van der Waals surface area contributed by atoms with E-state index < -0.39 is 17.9 Å². The van der Waals surface area contributed by atoms with Crippen molar-refractivity contribution in [1.29, 1.82) is 0 Å². The molecule has 0 bridgehead atoms. The van der Waals surface area contributed by atoms with E-state index in [0.29, 0.717) is 6.42 Å². The molecule has 0 fully saturated rings. The van der Waals surface area contributed by atoms with Gasteiger partial charge >= 0.3 is 5.97 Å². The van der Waals surface area contributed by atoms with Crippen LogP contribution in [0.15, 0.2) is 60.7 Å². The summed E-state index contributed by atoms with van der Waals surface area (Å²) in [6, 6.07) is 18.5. The van der Waals surface area contributed by atoms with Crippen molar-refractivity contribution >= 4 is 11.9 Å². The Balaban J connectivity index is 1.98. The maximum absolute atomic E-state index is 12.1. The zero-order chi connectivity index (χ0) is 15.8. The predicted octanol–water partition coefficient (Wildman–Crippen LogP) is 1.73. The number of carbonyl (C=O) groups is 2. The van der Waals surface area contributed by atoms with Gasteiger partial charge in [-0.15, -0.1) is 0 Å². The van der Waals surface area contributed by atoms with E-state index in [4.69, 9.17) is 4.74 Å². The molecule has 0 saturated carbocycles. The van der Waals surface area contributed by atoms with Gasteiger partial charge in [-0.05, 0) is 17.5 Å². The van der Waals surface area contributed by atoms with Crippen LogP contribution in [0, 0.1) is 5.92 Å². The van der Waals surface area contributed by atoms with Gasteiger partial charge < -0.3 is 14.6 Å². The molecule has 0 aliphatic heterocycles. The Labute approximate surface area is 129 Å². The van der Waals surface area contributed by atoms with Gasteiger partial charge in [0.25, 0.3) is 0 Å². The first-order valence-corrected chi connectivity index (χ1v) is 7.09. The van der Waals surface area contributed by atoms with E-state index in [0.717, 1.165) is 11.1 Å². The molecule has 0 aliphatic carbocycles. The Morgan fingerprint density at radius 1 is 0.909 bits per heavy atom. The number of rotatable bonds is 7. The lowest BCUT2D eigenvalue weighted by Gasteiger charge is -2.16. The van der Waals surface area contributed by atoms with Crippen molar-refractivity contribution in [2.24, 2.45) is 5.92 Å². The molecular formula is C18H17O4-. The number of benzene rings is 2. The average Bonchev–Trinajstić information content (AvgIpc) is 2.53. The number of ether oxygens (including phenoxy) is 1. The Kier molecular flexibility index (Phi) is 5.72. The summed E-state index contributed by atoms with van der Waals surface area (Å²) in [7, 11) is 0. The SMILES string of the molecule is O=C([O-])CC(Cc1ccccc1)C(=O)OCc1ccccc1. The first-order valence-electron chi connectivity index (χ1n) is 7.09. The molecule has 114 valence electrons. The van der Waals surface area contributed by atoms with Crippen molar-refractivity contribution in [3.05, 3.63) is 71.8 Å². The molecule has 0 aliphatic rings. The minimum Gasteiger partial charge on any atom is -0.550 e. The second-order valence-electron chi connectivity index (χ2n) is 5.06. The highest BCUT2D eigenvalue weighted by Crippen LogP contribution is 2.15. The third-order valence-corrected chi connectivity index (χ3v) is 3.30. The third kappa shape index (κ3) is 5.05. The first-order chi connectivity index (χ1) is 10.6. The van der Waals surface area contributed by atoms with E-state index in [2.05, 4.69) is 0 Å². The summed E-state index contributed by atoms with van der Waals surface area (Å²) in [5.74, 6) is -2.51. The minimum atomic E-state index is -1.25. The smallest absolute Gasteiger partial charge is 0.309 e. The maximum Gasteiger partial charge on any atom is 0.309 e. The molecule has 2 rings (SSSR count). The summed E-state index contributed by atoms with van der Waals surface area (Å²) in [5.41, 5.74) is 1.76.